The first-order chi connectivity index (χ1) is 15.6. The van der Waals surface area contributed by atoms with Gasteiger partial charge < -0.3 is 4.90 Å². The van der Waals surface area contributed by atoms with Crippen LogP contribution in [0.15, 0.2) is 71.5 Å². The van der Waals surface area contributed by atoms with Crippen LogP contribution >= 0.6 is 0 Å². The third kappa shape index (κ3) is 5.68. The molecule has 3 aromatic rings. The molecule has 0 radical (unpaired) electrons. The van der Waals surface area contributed by atoms with Gasteiger partial charge in [-0.3, -0.25) is 14.5 Å². The topological polar surface area (TPSA) is 58.4 Å². The number of halogens is 1. The van der Waals surface area contributed by atoms with E-state index in [0.717, 1.165) is 38.3 Å². The molecule has 1 saturated heterocycles. The van der Waals surface area contributed by atoms with Gasteiger partial charge in [0.1, 0.15) is 5.82 Å². The third-order valence-electron chi connectivity index (χ3n) is 5.74. The zero-order chi connectivity index (χ0) is 22.3. The van der Waals surface area contributed by atoms with Crippen molar-refractivity contribution in [1.29, 1.82) is 0 Å². The fraction of sp³-hybridized carbons (Fsp3) is 0.320. The molecule has 0 unspecified atom stereocenters. The highest BCUT2D eigenvalue weighted by atomic mass is 19.1. The summed E-state index contributed by atoms with van der Waals surface area (Å²) in [5, 5.41) is 4.38. The number of rotatable bonds is 7. The lowest BCUT2D eigenvalue weighted by molar-refractivity contribution is -0.133. The Labute approximate surface area is 186 Å². The van der Waals surface area contributed by atoms with Crippen LogP contribution in [-0.2, 0) is 17.9 Å². The molecule has 2 aromatic carbocycles. The predicted molar refractivity (Wildman–Crippen MR) is 121 cm³/mol. The molecule has 4 rings (SSSR count). The highest BCUT2D eigenvalue weighted by molar-refractivity contribution is 5.76. The second kappa shape index (κ2) is 10.3. The molecule has 0 aliphatic carbocycles. The number of carbonyl (C=O) groups is 1. The van der Waals surface area contributed by atoms with Gasteiger partial charge in [0.15, 0.2) is 0 Å². The lowest BCUT2D eigenvalue weighted by Crippen LogP contribution is -2.48. The van der Waals surface area contributed by atoms with E-state index in [1.807, 2.05) is 23.1 Å². The molecule has 166 valence electrons. The van der Waals surface area contributed by atoms with Crippen LogP contribution in [0.4, 0.5) is 4.39 Å². The van der Waals surface area contributed by atoms with E-state index in [2.05, 4.69) is 22.1 Å². The Bertz CT molecular complexity index is 1090. The molecule has 1 aliphatic heterocycles. The lowest BCUT2D eigenvalue weighted by atomic mass is 10.1. The maximum absolute atomic E-state index is 13.1. The van der Waals surface area contributed by atoms with Crippen LogP contribution in [0.2, 0.25) is 0 Å². The summed E-state index contributed by atoms with van der Waals surface area (Å²) in [7, 11) is 0. The van der Waals surface area contributed by atoms with Crippen LogP contribution in [0.25, 0.3) is 11.3 Å². The van der Waals surface area contributed by atoms with Crippen molar-refractivity contribution in [2.45, 2.75) is 25.9 Å². The van der Waals surface area contributed by atoms with E-state index in [0.29, 0.717) is 25.1 Å². The Morgan fingerprint density at radius 1 is 0.906 bits per heavy atom. The first-order valence-electron chi connectivity index (χ1n) is 11.0. The SMILES string of the molecule is O=C(CCCn1nc(-c2ccc(F)cc2)ccc1=O)N1CCN(Cc2ccccc2)CC1. The van der Waals surface area contributed by atoms with Crippen LogP contribution < -0.4 is 5.56 Å². The molecule has 1 fully saturated rings. The lowest BCUT2D eigenvalue weighted by Gasteiger charge is -2.34. The van der Waals surface area contributed by atoms with Crippen molar-refractivity contribution in [3.8, 4) is 11.3 Å². The fourth-order valence-corrected chi connectivity index (χ4v) is 3.92. The predicted octanol–water partition coefficient (Wildman–Crippen LogP) is 3.17. The molecule has 1 aromatic heterocycles. The van der Waals surface area contributed by atoms with E-state index >= 15 is 0 Å². The first kappa shape index (κ1) is 21.9. The van der Waals surface area contributed by atoms with E-state index in [9.17, 15) is 14.0 Å². The van der Waals surface area contributed by atoms with Crippen LogP contribution in [0.3, 0.4) is 0 Å². The molecule has 1 amide bonds. The average Bonchev–Trinajstić information content (AvgIpc) is 2.82. The molecule has 2 heterocycles. The minimum atomic E-state index is -0.318. The maximum Gasteiger partial charge on any atom is 0.266 e. The van der Waals surface area contributed by atoms with Gasteiger partial charge in [-0.2, -0.15) is 5.10 Å². The molecule has 0 atom stereocenters. The van der Waals surface area contributed by atoms with Crippen molar-refractivity contribution in [3.63, 3.8) is 0 Å². The second-order valence-electron chi connectivity index (χ2n) is 8.03. The van der Waals surface area contributed by atoms with E-state index in [1.54, 1.807) is 18.2 Å². The second-order valence-corrected chi connectivity index (χ2v) is 8.03. The van der Waals surface area contributed by atoms with Gasteiger partial charge in [0.05, 0.1) is 5.69 Å². The molecule has 32 heavy (non-hydrogen) atoms. The molecular weight excluding hydrogens is 407 g/mol. The maximum atomic E-state index is 13.1. The molecule has 7 heteroatoms. The number of amides is 1. The summed E-state index contributed by atoms with van der Waals surface area (Å²) < 4.78 is 14.5. The minimum absolute atomic E-state index is 0.118. The molecule has 0 saturated carbocycles. The van der Waals surface area contributed by atoms with Gasteiger partial charge in [0, 0.05) is 57.3 Å². The highest BCUT2D eigenvalue weighted by Crippen LogP contribution is 2.16. The number of carbonyl (C=O) groups excluding carboxylic acids is 1. The summed E-state index contributed by atoms with van der Waals surface area (Å²) in [6.07, 6.45) is 0.927. The molecule has 0 N–H and O–H groups in total. The number of hydrogen-bond acceptors (Lipinski definition) is 4. The number of aryl methyl sites for hydroxylation is 1. The molecular formula is C25H27FN4O2. The quantitative estimate of drug-likeness (QED) is 0.573. The van der Waals surface area contributed by atoms with Crippen LogP contribution in [0.1, 0.15) is 18.4 Å². The fourth-order valence-electron chi connectivity index (χ4n) is 3.92. The van der Waals surface area contributed by atoms with Crippen molar-refractivity contribution in [2.24, 2.45) is 0 Å². The van der Waals surface area contributed by atoms with Crippen molar-refractivity contribution in [1.82, 2.24) is 19.6 Å². The standard InChI is InChI=1S/C25H27FN4O2/c26-22-10-8-21(9-11-22)23-12-13-25(32)30(27-23)14-4-7-24(31)29-17-15-28(16-18-29)19-20-5-2-1-3-6-20/h1-3,5-6,8-13H,4,7,14-19H2. The monoisotopic (exact) mass is 434 g/mol. The number of hydrogen-bond donors (Lipinski definition) is 0. The summed E-state index contributed by atoms with van der Waals surface area (Å²) in [6, 6.07) is 19.4. The number of nitrogens with zero attached hydrogens (tertiary/aromatic N) is 4. The van der Waals surface area contributed by atoms with Crippen molar-refractivity contribution < 1.29 is 9.18 Å². The number of piperazine rings is 1. The Morgan fingerprint density at radius 2 is 1.62 bits per heavy atom. The average molecular weight is 435 g/mol. The molecule has 1 aliphatic rings. The van der Waals surface area contributed by atoms with Gasteiger partial charge in [0.2, 0.25) is 5.91 Å². The Morgan fingerprint density at radius 3 is 2.34 bits per heavy atom. The summed E-state index contributed by atoms with van der Waals surface area (Å²) in [4.78, 5) is 29.1. The van der Waals surface area contributed by atoms with Gasteiger partial charge in [-0.15, -0.1) is 0 Å². The number of benzene rings is 2. The van der Waals surface area contributed by atoms with Gasteiger partial charge in [-0.1, -0.05) is 30.3 Å². The Balaban J connectivity index is 1.26. The van der Waals surface area contributed by atoms with Crippen molar-refractivity contribution in [2.75, 3.05) is 26.2 Å². The van der Waals surface area contributed by atoms with Crippen molar-refractivity contribution >= 4 is 5.91 Å². The largest absolute Gasteiger partial charge is 0.340 e. The van der Waals surface area contributed by atoms with E-state index < -0.39 is 0 Å². The first-order valence-corrected chi connectivity index (χ1v) is 11.0. The molecule has 0 spiro atoms. The third-order valence-corrected chi connectivity index (χ3v) is 5.74. The number of aromatic nitrogens is 2. The Hall–Kier alpha value is -3.32. The van der Waals surface area contributed by atoms with Gasteiger partial charge >= 0.3 is 0 Å². The van der Waals surface area contributed by atoms with E-state index in [4.69, 9.17) is 0 Å². The summed E-state index contributed by atoms with van der Waals surface area (Å²) in [5.41, 5.74) is 2.42. The Kier molecular flexibility index (Phi) is 7.07. The zero-order valence-corrected chi connectivity index (χ0v) is 18.0. The highest BCUT2D eigenvalue weighted by Gasteiger charge is 2.20. The molecule has 0 bridgehead atoms. The van der Waals surface area contributed by atoms with Gasteiger partial charge in [-0.05, 0) is 42.3 Å². The summed E-state index contributed by atoms with van der Waals surface area (Å²) >= 11 is 0. The van der Waals surface area contributed by atoms with Gasteiger partial charge in [0.25, 0.3) is 5.56 Å². The van der Waals surface area contributed by atoms with E-state index in [-0.39, 0.29) is 17.3 Å². The summed E-state index contributed by atoms with van der Waals surface area (Å²) in [6.45, 7) is 4.45. The van der Waals surface area contributed by atoms with Crippen LogP contribution in [-0.4, -0.2) is 51.7 Å². The minimum Gasteiger partial charge on any atom is -0.340 e. The summed E-state index contributed by atoms with van der Waals surface area (Å²) in [5.74, 6) is -0.200. The normalized spacial score (nSPS) is 14.5. The van der Waals surface area contributed by atoms with Crippen LogP contribution in [0.5, 0.6) is 0 Å². The van der Waals surface area contributed by atoms with Gasteiger partial charge in [-0.25, -0.2) is 9.07 Å². The zero-order valence-electron chi connectivity index (χ0n) is 18.0. The van der Waals surface area contributed by atoms with Crippen molar-refractivity contribution in [3.05, 3.63) is 88.5 Å². The van der Waals surface area contributed by atoms with E-state index in [1.165, 1.54) is 28.4 Å². The molecule has 6 nitrogen and oxygen atoms in total. The smallest absolute Gasteiger partial charge is 0.266 e. The van der Waals surface area contributed by atoms with Crippen LogP contribution in [0, 0.1) is 5.82 Å².